The van der Waals surface area contributed by atoms with E-state index in [1.54, 1.807) is 0 Å². The van der Waals surface area contributed by atoms with Crippen molar-refractivity contribution in [1.82, 2.24) is 0 Å². The quantitative estimate of drug-likeness (QED) is 0.794. The molecule has 1 unspecified atom stereocenters. The van der Waals surface area contributed by atoms with Gasteiger partial charge in [0.15, 0.2) is 0 Å². The zero-order valence-corrected chi connectivity index (χ0v) is 11.6. The molecule has 1 atom stereocenters. The molecule has 1 heterocycles. The van der Waals surface area contributed by atoms with Crippen LogP contribution in [0.3, 0.4) is 0 Å². The van der Waals surface area contributed by atoms with Crippen LogP contribution in [0.15, 0.2) is 29.2 Å². The van der Waals surface area contributed by atoms with Crippen LogP contribution in [-0.4, -0.2) is 11.5 Å². The average Bonchev–Trinajstić information content (AvgIpc) is 2.68. The summed E-state index contributed by atoms with van der Waals surface area (Å²) in [6, 6.07) is 8.59. The Bertz CT molecular complexity index is 417. The second-order valence-corrected chi connectivity index (χ2v) is 6.82. The first-order valence-electron chi connectivity index (χ1n) is 6.23. The molecular formula is C15H20OS. The topological polar surface area (TPSA) is 17.1 Å². The molecule has 0 saturated heterocycles. The van der Waals surface area contributed by atoms with Gasteiger partial charge < -0.3 is 0 Å². The van der Waals surface area contributed by atoms with Crippen molar-refractivity contribution in [3.8, 4) is 0 Å². The number of hydrogen-bond acceptors (Lipinski definition) is 2. The van der Waals surface area contributed by atoms with E-state index in [4.69, 9.17) is 0 Å². The normalized spacial score (nSPS) is 19.1. The summed E-state index contributed by atoms with van der Waals surface area (Å²) < 4.78 is 0. The van der Waals surface area contributed by atoms with Crippen molar-refractivity contribution < 1.29 is 4.79 Å². The lowest BCUT2D eigenvalue weighted by atomic mass is 9.85. The summed E-state index contributed by atoms with van der Waals surface area (Å²) in [4.78, 5) is 13.3. The number of benzene rings is 1. The first kappa shape index (κ1) is 12.7. The molecule has 0 radical (unpaired) electrons. The summed E-state index contributed by atoms with van der Waals surface area (Å²) in [6.07, 6.45) is 1.71. The molecule has 0 bridgehead atoms. The number of carbonyl (C=O) groups is 1. The molecule has 0 N–H and O–H groups in total. The Morgan fingerprint density at radius 2 is 2.06 bits per heavy atom. The predicted octanol–water partition coefficient (Wildman–Crippen LogP) is 4.27. The summed E-state index contributed by atoms with van der Waals surface area (Å²) in [5.74, 6) is 2.09. The smallest absolute Gasteiger partial charge is 0.138 e. The fourth-order valence-corrected chi connectivity index (χ4v) is 3.45. The molecule has 0 amide bonds. The van der Waals surface area contributed by atoms with Crippen molar-refractivity contribution in [3.05, 3.63) is 29.8 Å². The summed E-state index contributed by atoms with van der Waals surface area (Å²) >= 11 is 1.92. The van der Waals surface area contributed by atoms with E-state index in [-0.39, 0.29) is 5.41 Å². The summed E-state index contributed by atoms with van der Waals surface area (Å²) in [6.45, 7) is 6.02. The molecule has 0 saturated carbocycles. The molecule has 92 valence electrons. The third-order valence-electron chi connectivity index (χ3n) is 3.36. The van der Waals surface area contributed by atoms with Gasteiger partial charge >= 0.3 is 0 Å². The molecule has 1 nitrogen and oxygen atoms in total. The number of hydrogen-bond donors (Lipinski definition) is 0. The highest BCUT2D eigenvalue weighted by Crippen LogP contribution is 2.41. The van der Waals surface area contributed by atoms with E-state index in [0.29, 0.717) is 18.1 Å². The van der Waals surface area contributed by atoms with Gasteiger partial charge in [-0.05, 0) is 24.0 Å². The van der Waals surface area contributed by atoms with Gasteiger partial charge in [0.2, 0.25) is 0 Å². The average molecular weight is 248 g/mol. The second kappa shape index (κ2) is 4.85. The zero-order chi connectivity index (χ0) is 12.5. The first-order valence-corrected chi connectivity index (χ1v) is 7.22. The van der Waals surface area contributed by atoms with E-state index in [2.05, 4.69) is 24.3 Å². The van der Waals surface area contributed by atoms with E-state index < -0.39 is 0 Å². The van der Waals surface area contributed by atoms with Crippen LogP contribution >= 0.6 is 11.8 Å². The van der Waals surface area contributed by atoms with Crippen LogP contribution in [0.25, 0.3) is 0 Å². The van der Waals surface area contributed by atoms with Crippen LogP contribution in [0.1, 0.15) is 45.1 Å². The third kappa shape index (κ3) is 2.92. The second-order valence-electron chi connectivity index (χ2n) is 5.76. The van der Waals surface area contributed by atoms with Crippen LogP contribution < -0.4 is 0 Å². The lowest BCUT2D eigenvalue weighted by molar-refractivity contribution is -0.126. The van der Waals surface area contributed by atoms with Gasteiger partial charge in [0, 0.05) is 22.5 Å². The molecule has 1 aliphatic rings. The highest BCUT2D eigenvalue weighted by atomic mass is 32.2. The Morgan fingerprint density at radius 3 is 2.76 bits per heavy atom. The van der Waals surface area contributed by atoms with Crippen LogP contribution in [0.2, 0.25) is 0 Å². The maximum absolute atomic E-state index is 11.9. The Labute approximate surface area is 108 Å². The maximum atomic E-state index is 11.9. The van der Waals surface area contributed by atoms with Crippen LogP contribution in [0.4, 0.5) is 0 Å². The zero-order valence-electron chi connectivity index (χ0n) is 10.8. The van der Waals surface area contributed by atoms with Gasteiger partial charge in [0.05, 0.1) is 0 Å². The van der Waals surface area contributed by atoms with Gasteiger partial charge in [-0.25, -0.2) is 0 Å². The molecule has 0 aliphatic carbocycles. The fourth-order valence-electron chi connectivity index (χ4n) is 2.15. The SMILES string of the molecule is CC(C)(C)C(=O)CCC1CSc2ccccc21. The minimum Gasteiger partial charge on any atom is -0.299 e. The number of rotatable bonds is 3. The number of Topliss-reactive ketones (excluding diaryl/α,β-unsaturated/α-hetero) is 1. The predicted molar refractivity (Wildman–Crippen MR) is 73.6 cm³/mol. The van der Waals surface area contributed by atoms with Crippen molar-refractivity contribution in [3.63, 3.8) is 0 Å². The Kier molecular flexibility index (Phi) is 3.62. The van der Waals surface area contributed by atoms with E-state index in [0.717, 1.165) is 12.2 Å². The van der Waals surface area contributed by atoms with Crippen molar-refractivity contribution in [2.75, 3.05) is 5.75 Å². The Morgan fingerprint density at radius 1 is 1.35 bits per heavy atom. The third-order valence-corrected chi connectivity index (χ3v) is 4.61. The van der Waals surface area contributed by atoms with Gasteiger partial charge in [0.25, 0.3) is 0 Å². The Hall–Kier alpha value is -0.760. The van der Waals surface area contributed by atoms with Gasteiger partial charge in [-0.15, -0.1) is 11.8 Å². The molecule has 2 rings (SSSR count). The molecule has 2 heteroatoms. The van der Waals surface area contributed by atoms with Gasteiger partial charge in [-0.3, -0.25) is 4.79 Å². The van der Waals surface area contributed by atoms with Gasteiger partial charge in [-0.1, -0.05) is 39.0 Å². The number of ketones is 1. The van der Waals surface area contributed by atoms with Crippen LogP contribution in [-0.2, 0) is 4.79 Å². The number of carbonyl (C=O) groups excluding carboxylic acids is 1. The number of fused-ring (bicyclic) bond motifs is 1. The van der Waals surface area contributed by atoms with Gasteiger partial charge in [-0.2, -0.15) is 0 Å². The van der Waals surface area contributed by atoms with Crippen molar-refractivity contribution in [2.45, 2.75) is 44.4 Å². The fraction of sp³-hybridized carbons (Fsp3) is 0.533. The highest BCUT2D eigenvalue weighted by molar-refractivity contribution is 7.99. The molecule has 0 fully saturated rings. The standard InChI is InChI=1S/C15H20OS/c1-15(2,3)14(16)9-8-11-10-17-13-7-5-4-6-12(11)13/h4-7,11H,8-10H2,1-3H3. The first-order chi connectivity index (χ1) is 7.98. The molecular weight excluding hydrogens is 228 g/mol. The molecule has 1 aliphatic heterocycles. The lowest BCUT2D eigenvalue weighted by Gasteiger charge is -2.18. The summed E-state index contributed by atoms with van der Waals surface area (Å²) in [7, 11) is 0. The van der Waals surface area contributed by atoms with E-state index in [1.165, 1.54) is 10.5 Å². The molecule has 0 aromatic heterocycles. The lowest BCUT2D eigenvalue weighted by Crippen LogP contribution is -2.20. The monoisotopic (exact) mass is 248 g/mol. The van der Waals surface area contributed by atoms with E-state index in [1.807, 2.05) is 32.5 Å². The van der Waals surface area contributed by atoms with Crippen molar-refractivity contribution in [1.29, 1.82) is 0 Å². The molecule has 17 heavy (non-hydrogen) atoms. The van der Waals surface area contributed by atoms with E-state index >= 15 is 0 Å². The summed E-state index contributed by atoms with van der Waals surface area (Å²) in [5, 5.41) is 0. The largest absolute Gasteiger partial charge is 0.299 e. The van der Waals surface area contributed by atoms with Crippen molar-refractivity contribution in [2.24, 2.45) is 5.41 Å². The Balaban J connectivity index is 1.97. The molecule has 0 spiro atoms. The molecule has 1 aromatic rings. The molecule has 1 aromatic carbocycles. The van der Waals surface area contributed by atoms with E-state index in [9.17, 15) is 4.79 Å². The van der Waals surface area contributed by atoms with Crippen LogP contribution in [0, 0.1) is 5.41 Å². The van der Waals surface area contributed by atoms with Crippen LogP contribution in [0.5, 0.6) is 0 Å². The maximum Gasteiger partial charge on any atom is 0.138 e. The highest BCUT2D eigenvalue weighted by Gasteiger charge is 2.26. The number of thioether (sulfide) groups is 1. The minimum atomic E-state index is -0.189. The summed E-state index contributed by atoms with van der Waals surface area (Å²) in [5.41, 5.74) is 1.25. The minimum absolute atomic E-state index is 0.189. The van der Waals surface area contributed by atoms with Crippen molar-refractivity contribution >= 4 is 17.5 Å². The van der Waals surface area contributed by atoms with Gasteiger partial charge in [0.1, 0.15) is 5.78 Å².